The lowest BCUT2D eigenvalue weighted by Crippen LogP contribution is -2.12. The molecule has 0 saturated heterocycles. The van der Waals surface area contributed by atoms with Crippen molar-refractivity contribution in [2.24, 2.45) is 0 Å². The fourth-order valence-corrected chi connectivity index (χ4v) is 0.916. The highest BCUT2D eigenvalue weighted by Gasteiger charge is 2.05. The Morgan fingerprint density at radius 1 is 1.40 bits per heavy atom. The standard InChI is InChI=1S/C8H18O2/c1-4-8(10-3)6-5-7(2)9/h7-9H,4-6H2,1-3H3. The van der Waals surface area contributed by atoms with Gasteiger partial charge in [-0.15, -0.1) is 0 Å². The van der Waals surface area contributed by atoms with E-state index in [9.17, 15) is 0 Å². The minimum Gasteiger partial charge on any atom is -0.393 e. The molecule has 0 aromatic heterocycles. The third kappa shape index (κ3) is 4.77. The normalized spacial score (nSPS) is 16.8. The van der Waals surface area contributed by atoms with Crippen LogP contribution < -0.4 is 0 Å². The van der Waals surface area contributed by atoms with Gasteiger partial charge in [0.25, 0.3) is 0 Å². The summed E-state index contributed by atoms with van der Waals surface area (Å²) in [4.78, 5) is 0. The lowest BCUT2D eigenvalue weighted by Gasteiger charge is -2.13. The molecule has 2 atom stereocenters. The molecule has 0 heterocycles. The third-order valence-electron chi connectivity index (χ3n) is 1.70. The Hall–Kier alpha value is -0.0800. The fraction of sp³-hybridized carbons (Fsp3) is 1.00. The van der Waals surface area contributed by atoms with Crippen molar-refractivity contribution in [1.82, 2.24) is 0 Å². The number of rotatable bonds is 5. The number of aliphatic hydroxyl groups excluding tert-OH is 1. The van der Waals surface area contributed by atoms with E-state index in [4.69, 9.17) is 9.84 Å². The topological polar surface area (TPSA) is 29.5 Å². The fourth-order valence-electron chi connectivity index (χ4n) is 0.916. The van der Waals surface area contributed by atoms with Gasteiger partial charge < -0.3 is 9.84 Å². The van der Waals surface area contributed by atoms with Gasteiger partial charge in [-0.25, -0.2) is 0 Å². The monoisotopic (exact) mass is 146 g/mol. The van der Waals surface area contributed by atoms with Crippen molar-refractivity contribution in [1.29, 1.82) is 0 Å². The molecule has 2 unspecified atom stereocenters. The molecule has 0 aliphatic rings. The summed E-state index contributed by atoms with van der Waals surface area (Å²) in [6.07, 6.45) is 2.97. The van der Waals surface area contributed by atoms with Crippen LogP contribution in [0.5, 0.6) is 0 Å². The van der Waals surface area contributed by atoms with E-state index in [-0.39, 0.29) is 6.10 Å². The van der Waals surface area contributed by atoms with E-state index in [1.165, 1.54) is 0 Å². The maximum absolute atomic E-state index is 8.94. The van der Waals surface area contributed by atoms with Crippen LogP contribution in [-0.2, 0) is 4.74 Å². The van der Waals surface area contributed by atoms with E-state index >= 15 is 0 Å². The number of hydrogen-bond donors (Lipinski definition) is 1. The van der Waals surface area contributed by atoms with E-state index < -0.39 is 0 Å². The first-order chi connectivity index (χ1) is 4.70. The quantitative estimate of drug-likeness (QED) is 0.638. The summed E-state index contributed by atoms with van der Waals surface area (Å²) < 4.78 is 5.14. The Morgan fingerprint density at radius 2 is 2.00 bits per heavy atom. The molecular weight excluding hydrogens is 128 g/mol. The zero-order valence-electron chi connectivity index (χ0n) is 7.13. The maximum atomic E-state index is 8.94. The van der Waals surface area contributed by atoms with Gasteiger partial charge in [-0.2, -0.15) is 0 Å². The van der Waals surface area contributed by atoms with Crippen LogP contribution in [0.4, 0.5) is 0 Å². The van der Waals surface area contributed by atoms with Gasteiger partial charge in [0, 0.05) is 7.11 Å². The summed E-state index contributed by atoms with van der Waals surface area (Å²) in [5.41, 5.74) is 0. The molecule has 2 nitrogen and oxygen atoms in total. The van der Waals surface area contributed by atoms with Crippen LogP contribution in [-0.4, -0.2) is 24.4 Å². The molecule has 0 spiro atoms. The van der Waals surface area contributed by atoms with Crippen molar-refractivity contribution in [2.75, 3.05) is 7.11 Å². The molecule has 62 valence electrons. The van der Waals surface area contributed by atoms with Gasteiger partial charge >= 0.3 is 0 Å². The average Bonchev–Trinajstić information content (AvgIpc) is 1.90. The maximum Gasteiger partial charge on any atom is 0.0569 e. The molecule has 2 heteroatoms. The number of ether oxygens (including phenoxy) is 1. The molecule has 0 amide bonds. The van der Waals surface area contributed by atoms with Crippen molar-refractivity contribution in [3.05, 3.63) is 0 Å². The second-order valence-corrected chi connectivity index (χ2v) is 2.69. The van der Waals surface area contributed by atoms with Crippen molar-refractivity contribution < 1.29 is 9.84 Å². The van der Waals surface area contributed by atoms with E-state index in [0.29, 0.717) is 6.10 Å². The van der Waals surface area contributed by atoms with E-state index in [2.05, 4.69) is 6.92 Å². The van der Waals surface area contributed by atoms with Crippen molar-refractivity contribution >= 4 is 0 Å². The first-order valence-corrected chi connectivity index (χ1v) is 3.91. The van der Waals surface area contributed by atoms with Crippen LogP contribution in [0.1, 0.15) is 33.1 Å². The summed E-state index contributed by atoms with van der Waals surface area (Å²) >= 11 is 0. The Labute approximate surface area is 63.2 Å². The molecule has 0 rings (SSSR count). The third-order valence-corrected chi connectivity index (χ3v) is 1.70. The molecule has 0 saturated carbocycles. The lowest BCUT2D eigenvalue weighted by molar-refractivity contribution is 0.0742. The largest absolute Gasteiger partial charge is 0.393 e. The van der Waals surface area contributed by atoms with Crippen LogP contribution in [0.15, 0.2) is 0 Å². The predicted octanol–water partition coefficient (Wildman–Crippen LogP) is 1.57. The zero-order chi connectivity index (χ0) is 7.98. The summed E-state index contributed by atoms with van der Waals surface area (Å²) in [6, 6.07) is 0. The Bertz CT molecular complexity index is 67.7. The van der Waals surface area contributed by atoms with Crippen molar-refractivity contribution in [3.8, 4) is 0 Å². The minimum atomic E-state index is -0.191. The summed E-state index contributed by atoms with van der Waals surface area (Å²) in [6.45, 7) is 3.90. The number of methoxy groups -OCH3 is 1. The first kappa shape index (κ1) is 9.92. The Morgan fingerprint density at radius 3 is 2.30 bits per heavy atom. The molecule has 1 N–H and O–H groups in total. The van der Waals surface area contributed by atoms with Gasteiger partial charge in [-0.3, -0.25) is 0 Å². The highest BCUT2D eigenvalue weighted by Crippen LogP contribution is 2.06. The first-order valence-electron chi connectivity index (χ1n) is 3.91. The van der Waals surface area contributed by atoms with Gasteiger partial charge in [0.1, 0.15) is 0 Å². The van der Waals surface area contributed by atoms with Gasteiger partial charge in [0.15, 0.2) is 0 Å². The van der Waals surface area contributed by atoms with Crippen LogP contribution in [0.25, 0.3) is 0 Å². The molecule has 10 heavy (non-hydrogen) atoms. The van der Waals surface area contributed by atoms with Crippen LogP contribution in [0.3, 0.4) is 0 Å². The molecule has 0 fully saturated rings. The van der Waals surface area contributed by atoms with Gasteiger partial charge in [-0.1, -0.05) is 6.92 Å². The number of aliphatic hydroxyl groups is 1. The molecule has 0 aromatic rings. The second-order valence-electron chi connectivity index (χ2n) is 2.69. The van der Waals surface area contributed by atoms with Gasteiger partial charge in [0.05, 0.1) is 12.2 Å². The predicted molar refractivity (Wildman–Crippen MR) is 42.0 cm³/mol. The van der Waals surface area contributed by atoms with Crippen molar-refractivity contribution in [3.63, 3.8) is 0 Å². The molecule has 0 aliphatic heterocycles. The Kier molecular flexibility index (Phi) is 5.64. The molecule has 0 aromatic carbocycles. The molecule has 0 radical (unpaired) electrons. The highest BCUT2D eigenvalue weighted by atomic mass is 16.5. The molecular formula is C8H18O2. The summed E-state index contributed by atoms with van der Waals surface area (Å²) in [5.74, 6) is 0. The highest BCUT2D eigenvalue weighted by molar-refractivity contribution is 4.57. The average molecular weight is 146 g/mol. The van der Waals surface area contributed by atoms with Gasteiger partial charge in [-0.05, 0) is 26.2 Å². The van der Waals surface area contributed by atoms with E-state index in [1.807, 2.05) is 6.92 Å². The van der Waals surface area contributed by atoms with Crippen molar-refractivity contribution in [2.45, 2.75) is 45.3 Å². The Balaban J connectivity index is 3.26. The minimum absolute atomic E-state index is 0.191. The smallest absolute Gasteiger partial charge is 0.0569 e. The zero-order valence-corrected chi connectivity index (χ0v) is 7.13. The van der Waals surface area contributed by atoms with Gasteiger partial charge in [0.2, 0.25) is 0 Å². The summed E-state index contributed by atoms with van der Waals surface area (Å²) in [7, 11) is 1.72. The van der Waals surface area contributed by atoms with E-state index in [1.54, 1.807) is 7.11 Å². The summed E-state index contributed by atoms with van der Waals surface area (Å²) in [5, 5.41) is 8.94. The number of hydrogen-bond acceptors (Lipinski definition) is 2. The molecule has 0 aliphatic carbocycles. The van der Waals surface area contributed by atoms with Crippen LogP contribution >= 0.6 is 0 Å². The lowest BCUT2D eigenvalue weighted by atomic mass is 10.1. The van der Waals surface area contributed by atoms with E-state index in [0.717, 1.165) is 19.3 Å². The molecule has 0 bridgehead atoms. The SMILES string of the molecule is CCC(CCC(C)O)OC. The van der Waals surface area contributed by atoms with Crippen LogP contribution in [0, 0.1) is 0 Å². The van der Waals surface area contributed by atoms with Crippen LogP contribution in [0.2, 0.25) is 0 Å². The second kappa shape index (κ2) is 5.69.